The monoisotopic (exact) mass is 234 g/mol. The summed E-state index contributed by atoms with van der Waals surface area (Å²) >= 11 is 0. The van der Waals surface area contributed by atoms with E-state index in [-0.39, 0.29) is 23.3 Å². The van der Waals surface area contributed by atoms with Gasteiger partial charge in [0.25, 0.3) is 0 Å². The van der Waals surface area contributed by atoms with Gasteiger partial charge in [0.05, 0.1) is 0 Å². The van der Waals surface area contributed by atoms with E-state index in [2.05, 4.69) is 0 Å². The van der Waals surface area contributed by atoms with E-state index in [1.807, 2.05) is 0 Å². The Morgan fingerprint density at radius 2 is 1.94 bits per heavy atom. The number of halogens is 4. The van der Waals surface area contributed by atoms with Crippen molar-refractivity contribution in [1.29, 1.82) is 0 Å². The highest BCUT2D eigenvalue weighted by atomic mass is 19.4. The Balaban J connectivity index is 2.56. The fraction of sp³-hybridized carbons (Fsp3) is 0.455. The predicted octanol–water partition coefficient (Wildman–Crippen LogP) is 3.46. The highest BCUT2D eigenvalue weighted by Crippen LogP contribution is 2.50. The van der Waals surface area contributed by atoms with Crippen molar-refractivity contribution >= 4 is 0 Å². The molecule has 0 fully saturated rings. The zero-order valence-electron chi connectivity index (χ0n) is 8.31. The summed E-state index contributed by atoms with van der Waals surface area (Å²) in [6.07, 6.45) is -4.95. The number of benzene rings is 1. The molecule has 0 aliphatic heterocycles. The first-order valence-electron chi connectivity index (χ1n) is 4.92. The first-order valence-corrected chi connectivity index (χ1v) is 4.92. The molecule has 0 amide bonds. The third-order valence-corrected chi connectivity index (χ3v) is 2.93. The van der Waals surface area contributed by atoms with E-state index in [0.717, 1.165) is 12.1 Å². The number of aryl methyl sites for hydroxylation is 1. The van der Waals surface area contributed by atoms with Crippen LogP contribution in [0.3, 0.4) is 0 Å². The van der Waals surface area contributed by atoms with E-state index in [0.29, 0.717) is 6.42 Å². The molecule has 0 saturated carbocycles. The van der Waals surface area contributed by atoms with Gasteiger partial charge in [-0.15, -0.1) is 0 Å². The highest BCUT2D eigenvalue weighted by Gasteiger charge is 2.58. The summed E-state index contributed by atoms with van der Waals surface area (Å²) in [5, 5.41) is 9.16. The van der Waals surface area contributed by atoms with Gasteiger partial charge in [-0.3, -0.25) is 0 Å². The van der Waals surface area contributed by atoms with Crippen molar-refractivity contribution in [3.05, 3.63) is 29.3 Å². The van der Waals surface area contributed by atoms with E-state index in [4.69, 9.17) is 5.11 Å². The van der Waals surface area contributed by atoms with Crippen molar-refractivity contribution in [2.75, 3.05) is 0 Å². The van der Waals surface area contributed by atoms with Crippen molar-refractivity contribution in [3.8, 4) is 5.75 Å². The van der Waals surface area contributed by atoms with Crippen LogP contribution in [0.15, 0.2) is 18.2 Å². The molecular weight excluding hydrogens is 224 g/mol. The zero-order chi connectivity index (χ0) is 12.0. The second-order valence-corrected chi connectivity index (χ2v) is 3.99. The normalized spacial score (nSPS) is 25.2. The molecule has 1 aliphatic rings. The Kier molecular flexibility index (Phi) is 2.36. The second-order valence-electron chi connectivity index (χ2n) is 3.99. The van der Waals surface area contributed by atoms with Crippen LogP contribution in [0.5, 0.6) is 5.75 Å². The minimum absolute atomic E-state index is 0.131. The highest BCUT2D eigenvalue weighted by molar-refractivity contribution is 5.41. The van der Waals surface area contributed by atoms with Crippen LogP contribution in [0.1, 0.15) is 24.0 Å². The van der Waals surface area contributed by atoms with Gasteiger partial charge in [-0.05, 0) is 37.0 Å². The van der Waals surface area contributed by atoms with Gasteiger partial charge >= 0.3 is 6.18 Å². The fourth-order valence-electron chi connectivity index (χ4n) is 2.13. The lowest BCUT2D eigenvalue weighted by molar-refractivity contribution is -0.240. The molecule has 2 rings (SSSR count). The van der Waals surface area contributed by atoms with E-state index in [1.165, 1.54) is 6.07 Å². The second kappa shape index (κ2) is 3.37. The number of hydrogen-bond donors (Lipinski definition) is 1. The molecule has 1 aliphatic carbocycles. The molecule has 0 bridgehead atoms. The van der Waals surface area contributed by atoms with Gasteiger partial charge in [-0.25, -0.2) is 4.39 Å². The van der Waals surface area contributed by atoms with Crippen LogP contribution >= 0.6 is 0 Å². The minimum atomic E-state index is -4.90. The van der Waals surface area contributed by atoms with E-state index >= 15 is 0 Å². The lowest BCUT2D eigenvalue weighted by Crippen LogP contribution is -2.40. The Hall–Kier alpha value is -1.26. The first kappa shape index (κ1) is 11.2. The van der Waals surface area contributed by atoms with Gasteiger partial charge in [0.15, 0.2) is 0 Å². The van der Waals surface area contributed by atoms with Gasteiger partial charge in [0.2, 0.25) is 5.67 Å². The molecule has 1 N–H and O–H groups in total. The summed E-state index contributed by atoms with van der Waals surface area (Å²) in [7, 11) is 0. The third-order valence-electron chi connectivity index (χ3n) is 2.93. The maximum atomic E-state index is 14.0. The first-order chi connectivity index (χ1) is 7.34. The topological polar surface area (TPSA) is 20.2 Å². The maximum Gasteiger partial charge on any atom is 0.426 e. The molecule has 0 saturated heterocycles. The quantitative estimate of drug-likeness (QED) is 0.681. The van der Waals surface area contributed by atoms with Crippen molar-refractivity contribution < 1.29 is 22.7 Å². The summed E-state index contributed by atoms with van der Waals surface area (Å²) in [4.78, 5) is 0. The molecule has 0 radical (unpaired) electrons. The van der Waals surface area contributed by atoms with Gasteiger partial charge in [-0.2, -0.15) is 13.2 Å². The summed E-state index contributed by atoms with van der Waals surface area (Å²) in [5.41, 5.74) is -3.39. The van der Waals surface area contributed by atoms with E-state index in [1.54, 1.807) is 0 Å². The van der Waals surface area contributed by atoms with Gasteiger partial charge in [0, 0.05) is 5.56 Å². The number of fused-ring (bicyclic) bond motifs is 1. The Morgan fingerprint density at radius 3 is 2.56 bits per heavy atom. The molecule has 1 unspecified atom stereocenters. The fourth-order valence-corrected chi connectivity index (χ4v) is 2.13. The average molecular weight is 234 g/mol. The van der Waals surface area contributed by atoms with Gasteiger partial charge in [0.1, 0.15) is 5.75 Å². The number of alkyl halides is 4. The van der Waals surface area contributed by atoms with Crippen molar-refractivity contribution in [2.45, 2.75) is 31.1 Å². The van der Waals surface area contributed by atoms with Crippen LogP contribution < -0.4 is 0 Å². The standard InChI is InChI=1S/C11H10F4O/c12-10(11(13,14)15)5-1-2-7-6-8(16)3-4-9(7)10/h3-4,6,16H,1-2,5H2. The smallest absolute Gasteiger partial charge is 0.426 e. The van der Waals surface area contributed by atoms with Crippen LogP contribution in [-0.4, -0.2) is 11.3 Å². The predicted molar refractivity (Wildman–Crippen MR) is 49.9 cm³/mol. The molecule has 1 nitrogen and oxygen atoms in total. The molecule has 5 heteroatoms. The number of hydrogen-bond acceptors (Lipinski definition) is 1. The van der Waals surface area contributed by atoms with Crippen molar-refractivity contribution in [2.24, 2.45) is 0 Å². The molecule has 0 aromatic heterocycles. The number of rotatable bonds is 0. The number of phenolic OH excluding ortho intramolecular Hbond substituents is 1. The average Bonchev–Trinajstić information content (AvgIpc) is 2.15. The molecule has 1 aromatic rings. The summed E-state index contributed by atoms with van der Waals surface area (Å²) in [5.74, 6) is -0.134. The molecule has 0 spiro atoms. The Bertz CT molecular complexity index is 413. The minimum Gasteiger partial charge on any atom is -0.508 e. The molecule has 88 valence electrons. The lowest BCUT2D eigenvalue weighted by Gasteiger charge is -2.33. The van der Waals surface area contributed by atoms with Crippen LogP contribution in [0.25, 0.3) is 0 Å². The largest absolute Gasteiger partial charge is 0.508 e. The summed E-state index contributed by atoms with van der Waals surface area (Å²) in [6, 6.07) is 3.32. The number of phenols is 1. The van der Waals surface area contributed by atoms with Gasteiger partial charge in [-0.1, -0.05) is 6.07 Å². The molecular formula is C11H10F4O. The van der Waals surface area contributed by atoms with E-state index < -0.39 is 18.3 Å². The lowest BCUT2D eigenvalue weighted by atomic mass is 9.80. The van der Waals surface area contributed by atoms with Crippen LogP contribution in [-0.2, 0) is 12.1 Å². The summed E-state index contributed by atoms with van der Waals surface area (Å²) < 4.78 is 52.0. The SMILES string of the molecule is Oc1ccc2c(c1)CCCC2(F)C(F)(F)F. The van der Waals surface area contributed by atoms with E-state index in [9.17, 15) is 17.6 Å². The molecule has 0 heterocycles. The van der Waals surface area contributed by atoms with Gasteiger partial charge < -0.3 is 5.11 Å². The Morgan fingerprint density at radius 1 is 1.25 bits per heavy atom. The number of aromatic hydroxyl groups is 1. The zero-order valence-corrected chi connectivity index (χ0v) is 8.31. The van der Waals surface area contributed by atoms with Crippen LogP contribution in [0, 0.1) is 0 Å². The molecule has 16 heavy (non-hydrogen) atoms. The molecule has 1 aromatic carbocycles. The molecule has 1 atom stereocenters. The maximum absolute atomic E-state index is 14.0. The van der Waals surface area contributed by atoms with Crippen LogP contribution in [0.4, 0.5) is 17.6 Å². The van der Waals surface area contributed by atoms with Crippen molar-refractivity contribution in [1.82, 2.24) is 0 Å². The van der Waals surface area contributed by atoms with Crippen LogP contribution in [0.2, 0.25) is 0 Å². The Labute approximate surface area is 89.7 Å². The summed E-state index contributed by atoms with van der Waals surface area (Å²) in [6.45, 7) is 0. The van der Waals surface area contributed by atoms with Crippen molar-refractivity contribution in [3.63, 3.8) is 0 Å². The third kappa shape index (κ3) is 1.54.